The SMILES string of the molecule is CC1(C)COCCN1C1CCCC(NC2CC2)(C(N)=O)C1. The smallest absolute Gasteiger partial charge is 0.237 e. The van der Waals surface area contributed by atoms with Crippen LogP contribution in [0.25, 0.3) is 0 Å². The summed E-state index contributed by atoms with van der Waals surface area (Å²) in [5, 5.41) is 3.57. The maximum atomic E-state index is 12.1. The number of nitrogens with one attached hydrogen (secondary N) is 1. The second kappa shape index (κ2) is 5.52. The van der Waals surface area contributed by atoms with Gasteiger partial charge in [0.1, 0.15) is 0 Å². The number of amides is 1. The summed E-state index contributed by atoms with van der Waals surface area (Å²) < 4.78 is 5.63. The van der Waals surface area contributed by atoms with Crippen LogP contribution in [0.4, 0.5) is 0 Å². The largest absolute Gasteiger partial charge is 0.378 e. The van der Waals surface area contributed by atoms with Crippen LogP contribution in [-0.2, 0) is 9.53 Å². The molecular weight excluding hydrogens is 266 g/mol. The first kappa shape index (κ1) is 15.3. The minimum absolute atomic E-state index is 0.0449. The number of hydrogen-bond donors (Lipinski definition) is 2. The van der Waals surface area contributed by atoms with E-state index in [1.165, 1.54) is 12.8 Å². The molecule has 3 N–H and O–H groups in total. The fraction of sp³-hybridized carbons (Fsp3) is 0.938. The van der Waals surface area contributed by atoms with E-state index >= 15 is 0 Å². The topological polar surface area (TPSA) is 67.6 Å². The minimum atomic E-state index is -0.488. The number of carbonyl (C=O) groups is 1. The molecule has 0 aromatic heterocycles. The van der Waals surface area contributed by atoms with Gasteiger partial charge in [0.2, 0.25) is 5.91 Å². The molecule has 2 unspecified atom stereocenters. The van der Waals surface area contributed by atoms with Gasteiger partial charge in [0.15, 0.2) is 0 Å². The van der Waals surface area contributed by atoms with Crippen LogP contribution in [0.15, 0.2) is 0 Å². The molecule has 21 heavy (non-hydrogen) atoms. The lowest BCUT2D eigenvalue weighted by Crippen LogP contribution is -2.65. The maximum Gasteiger partial charge on any atom is 0.237 e. The zero-order chi connectivity index (χ0) is 15.1. The molecule has 1 saturated heterocycles. The van der Waals surface area contributed by atoms with Crippen molar-refractivity contribution >= 4 is 5.91 Å². The van der Waals surface area contributed by atoms with Gasteiger partial charge in [-0.15, -0.1) is 0 Å². The first-order valence-corrected chi connectivity index (χ1v) is 8.35. The maximum absolute atomic E-state index is 12.1. The molecule has 1 heterocycles. The Morgan fingerprint density at radius 2 is 2.10 bits per heavy atom. The number of hydrogen-bond acceptors (Lipinski definition) is 4. The Balaban J connectivity index is 1.75. The first-order valence-electron chi connectivity index (χ1n) is 8.35. The van der Waals surface area contributed by atoms with Gasteiger partial charge < -0.3 is 15.8 Å². The molecule has 3 rings (SSSR count). The van der Waals surface area contributed by atoms with Gasteiger partial charge in [-0.3, -0.25) is 9.69 Å². The molecular formula is C16H29N3O2. The Morgan fingerprint density at radius 1 is 1.33 bits per heavy atom. The molecule has 0 aromatic carbocycles. The fourth-order valence-corrected chi connectivity index (χ4v) is 4.10. The molecule has 1 amide bonds. The Hall–Kier alpha value is -0.650. The third-order valence-corrected chi connectivity index (χ3v) is 5.40. The molecule has 5 nitrogen and oxygen atoms in total. The number of rotatable bonds is 4. The van der Waals surface area contributed by atoms with Crippen LogP contribution in [0.1, 0.15) is 52.4 Å². The Bertz CT molecular complexity index is 408. The number of nitrogens with two attached hydrogens (primary N) is 1. The van der Waals surface area contributed by atoms with Crippen molar-refractivity contribution in [1.29, 1.82) is 0 Å². The number of ether oxygens (including phenoxy) is 1. The summed E-state index contributed by atoms with van der Waals surface area (Å²) in [5.41, 5.74) is 5.35. The molecule has 5 heteroatoms. The van der Waals surface area contributed by atoms with Crippen LogP contribution >= 0.6 is 0 Å². The lowest BCUT2D eigenvalue weighted by molar-refractivity contribution is -0.129. The molecule has 0 aromatic rings. The van der Waals surface area contributed by atoms with Gasteiger partial charge in [-0.25, -0.2) is 0 Å². The summed E-state index contributed by atoms with van der Waals surface area (Å²) in [6.45, 7) is 6.99. The highest BCUT2D eigenvalue weighted by Crippen LogP contribution is 2.37. The zero-order valence-corrected chi connectivity index (χ0v) is 13.4. The van der Waals surface area contributed by atoms with Crippen molar-refractivity contribution in [2.24, 2.45) is 5.73 Å². The van der Waals surface area contributed by atoms with E-state index in [1.807, 2.05) is 0 Å². The predicted octanol–water partition coefficient (Wildman–Crippen LogP) is 1.02. The number of nitrogens with zero attached hydrogens (tertiary/aromatic N) is 1. The molecule has 0 spiro atoms. The summed E-state index contributed by atoms with van der Waals surface area (Å²) in [6, 6.07) is 0.936. The molecule has 3 aliphatic rings. The normalized spacial score (nSPS) is 37.3. The van der Waals surface area contributed by atoms with Gasteiger partial charge in [-0.05, 0) is 52.4 Å². The van der Waals surface area contributed by atoms with E-state index in [2.05, 4.69) is 24.1 Å². The molecule has 120 valence electrons. The van der Waals surface area contributed by atoms with Crippen molar-refractivity contribution in [3.63, 3.8) is 0 Å². The van der Waals surface area contributed by atoms with Crippen molar-refractivity contribution < 1.29 is 9.53 Å². The Kier molecular flexibility index (Phi) is 4.01. The van der Waals surface area contributed by atoms with Crippen LogP contribution < -0.4 is 11.1 Å². The third kappa shape index (κ3) is 3.10. The third-order valence-electron chi connectivity index (χ3n) is 5.40. The van der Waals surface area contributed by atoms with Gasteiger partial charge >= 0.3 is 0 Å². The molecule has 3 fully saturated rings. The van der Waals surface area contributed by atoms with E-state index < -0.39 is 5.54 Å². The highest BCUT2D eigenvalue weighted by Gasteiger charge is 2.47. The summed E-state index contributed by atoms with van der Waals surface area (Å²) in [5.74, 6) is -0.162. The molecule has 0 radical (unpaired) electrons. The highest BCUT2D eigenvalue weighted by molar-refractivity contribution is 5.85. The van der Waals surface area contributed by atoms with E-state index in [0.29, 0.717) is 12.1 Å². The lowest BCUT2D eigenvalue weighted by atomic mass is 9.76. The van der Waals surface area contributed by atoms with Crippen LogP contribution in [-0.4, -0.2) is 53.7 Å². The average molecular weight is 295 g/mol. The van der Waals surface area contributed by atoms with E-state index in [-0.39, 0.29) is 11.4 Å². The second-order valence-electron chi connectivity index (χ2n) is 7.67. The summed E-state index contributed by atoms with van der Waals surface area (Å²) in [7, 11) is 0. The molecule has 1 aliphatic heterocycles. The predicted molar refractivity (Wildman–Crippen MR) is 81.9 cm³/mol. The van der Waals surface area contributed by atoms with Crippen LogP contribution in [0.5, 0.6) is 0 Å². The van der Waals surface area contributed by atoms with E-state index in [4.69, 9.17) is 10.5 Å². The number of morpholine rings is 1. The van der Waals surface area contributed by atoms with Crippen LogP contribution in [0.3, 0.4) is 0 Å². The van der Waals surface area contributed by atoms with Crippen molar-refractivity contribution in [1.82, 2.24) is 10.2 Å². The van der Waals surface area contributed by atoms with Crippen molar-refractivity contribution in [2.75, 3.05) is 19.8 Å². The minimum Gasteiger partial charge on any atom is -0.378 e. The average Bonchev–Trinajstić information content (AvgIpc) is 3.22. The van der Waals surface area contributed by atoms with Gasteiger partial charge in [-0.2, -0.15) is 0 Å². The van der Waals surface area contributed by atoms with Crippen LogP contribution in [0, 0.1) is 0 Å². The van der Waals surface area contributed by atoms with E-state index in [9.17, 15) is 4.79 Å². The van der Waals surface area contributed by atoms with E-state index in [0.717, 1.165) is 45.4 Å². The summed E-state index contributed by atoms with van der Waals surface area (Å²) >= 11 is 0. The molecule has 2 atom stereocenters. The number of carbonyl (C=O) groups excluding carboxylic acids is 1. The standard InChI is InChI=1S/C16H29N3O2/c1-15(2)11-21-9-8-19(15)13-4-3-7-16(10-13,14(17)20)18-12-5-6-12/h12-13,18H,3-11H2,1-2H3,(H2,17,20). The van der Waals surface area contributed by atoms with Crippen molar-refractivity contribution in [2.45, 2.75) is 75.5 Å². The zero-order valence-electron chi connectivity index (χ0n) is 13.4. The van der Waals surface area contributed by atoms with Crippen molar-refractivity contribution in [3.05, 3.63) is 0 Å². The second-order valence-corrected chi connectivity index (χ2v) is 7.67. The highest BCUT2D eigenvalue weighted by atomic mass is 16.5. The van der Waals surface area contributed by atoms with Gasteiger partial charge in [-0.1, -0.05) is 0 Å². The van der Waals surface area contributed by atoms with Crippen LogP contribution in [0.2, 0.25) is 0 Å². The van der Waals surface area contributed by atoms with Gasteiger partial charge in [0.25, 0.3) is 0 Å². The lowest BCUT2D eigenvalue weighted by Gasteiger charge is -2.51. The molecule has 0 bridgehead atoms. The summed E-state index contributed by atoms with van der Waals surface area (Å²) in [4.78, 5) is 14.7. The monoisotopic (exact) mass is 295 g/mol. The molecule has 2 saturated carbocycles. The van der Waals surface area contributed by atoms with Gasteiger partial charge in [0, 0.05) is 24.2 Å². The molecule has 2 aliphatic carbocycles. The fourth-order valence-electron chi connectivity index (χ4n) is 4.10. The van der Waals surface area contributed by atoms with Gasteiger partial charge in [0.05, 0.1) is 18.8 Å². The summed E-state index contributed by atoms with van der Waals surface area (Å²) in [6.07, 6.45) is 6.33. The number of primary amides is 1. The van der Waals surface area contributed by atoms with Crippen molar-refractivity contribution in [3.8, 4) is 0 Å². The van der Waals surface area contributed by atoms with E-state index in [1.54, 1.807) is 0 Å². The Labute approximate surface area is 127 Å². The Morgan fingerprint density at radius 3 is 2.71 bits per heavy atom. The first-order chi connectivity index (χ1) is 9.93. The quantitative estimate of drug-likeness (QED) is 0.812.